The number of thiocarbonyl (C=S) groups is 1. The van der Waals surface area contributed by atoms with E-state index in [4.69, 9.17) is 27.4 Å². The van der Waals surface area contributed by atoms with Crippen molar-refractivity contribution in [1.82, 2.24) is 9.88 Å². The zero-order valence-corrected chi connectivity index (χ0v) is 18.3. The molecule has 3 rings (SSSR count). The van der Waals surface area contributed by atoms with Gasteiger partial charge < -0.3 is 15.2 Å². The minimum Gasteiger partial charge on any atom is -0.462 e. The van der Waals surface area contributed by atoms with Gasteiger partial charge in [0.15, 0.2) is 5.13 Å². The van der Waals surface area contributed by atoms with Gasteiger partial charge in [-0.25, -0.2) is 9.78 Å². The zero-order chi connectivity index (χ0) is 21.7. The molecule has 0 spiro atoms. The Bertz CT molecular complexity index is 1020. The van der Waals surface area contributed by atoms with E-state index < -0.39 is 17.8 Å². The summed E-state index contributed by atoms with van der Waals surface area (Å²) in [5.74, 6) is -1.92. The standard InChI is InChI=1S/C19H17N3O5S3/c1-2-26-17(25)14(12-10-29-18(20)21-12)15-16(24)22(19(28)30-15)8-13(23)27-9-11-6-4-3-5-7-11/h3-7,10H,2,8-9H2,1H3,(H2,20,21)/b15-14+. The Hall–Kier alpha value is -2.76. The first-order valence-corrected chi connectivity index (χ1v) is 10.9. The number of benzene rings is 1. The summed E-state index contributed by atoms with van der Waals surface area (Å²) < 4.78 is 10.4. The van der Waals surface area contributed by atoms with E-state index in [1.54, 1.807) is 12.3 Å². The van der Waals surface area contributed by atoms with Gasteiger partial charge in [0.05, 0.1) is 17.2 Å². The maximum Gasteiger partial charge on any atom is 0.341 e. The average Bonchev–Trinajstić information content (AvgIpc) is 3.26. The number of esters is 2. The van der Waals surface area contributed by atoms with Gasteiger partial charge in [-0.05, 0) is 12.5 Å². The van der Waals surface area contributed by atoms with E-state index in [1.807, 2.05) is 30.3 Å². The van der Waals surface area contributed by atoms with Gasteiger partial charge in [-0.1, -0.05) is 54.3 Å². The lowest BCUT2D eigenvalue weighted by atomic mass is 10.2. The summed E-state index contributed by atoms with van der Waals surface area (Å²) in [6, 6.07) is 9.16. The highest BCUT2D eigenvalue weighted by Crippen LogP contribution is 2.37. The first kappa shape index (κ1) is 21.9. The third-order valence-electron chi connectivity index (χ3n) is 3.86. The molecule has 0 bridgehead atoms. The molecule has 1 aromatic heterocycles. The summed E-state index contributed by atoms with van der Waals surface area (Å²) in [6.45, 7) is 1.49. The van der Waals surface area contributed by atoms with E-state index in [0.29, 0.717) is 0 Å². The molecule has 1 aromatic carbocycles. The highest BCUT2D eigenvalue weighted by molar-refractivity contribution is 8.26. The minimum atomic E-state index is -0.713. The highest BCUT2D eigenvalue weighted by Gasteiger charge is 2.39. The van der Waals surface area contributed by atoms with Crippen LogP contribution in [-0.4, -0.2) is 45.2 Å². The Labute approximate surface area is 186 Å². The highest BCUT2D eigenvalue weighted by atomic mass is 32.2. The lowest BCUT2D eigenvalue weighted by molar-refractivity contribution is -0.147. The Morgan fingerprint density at radius 3 is 2.60 bits per heavy atom. The molecule has 2 aromatic rings. The van der Waals surface area contributed by atoms with Crippen LogP contribution in [-0.2, 0) is 30.5 Å². The number of anilines is 1. The quantitative estimate of drug-likeness (QED) is 0.376. The molecule has 0 unspecified atom stereocenters. The van der Waals surface area contributed by atoms with Gasteiger partial charge in [0.25, 0.3) is 5.91 Å². The number of carbonyl (C=O) groups is 3. The molecule has 1 aliphatic heterocycles. The number of hydrogen-bond donors (Lipinski definition) is 1. The van der Waals surface area contributed by atoms with E-state index in [1.165, 1.54) is 0 Å². The molecule has 156 valence electrons. The molecule has 8 nitrogen and oxygen atoms in total. The molecule has 0 atom stereocenters. The third-order valence-corrected chi connectivity index (χ3v) is 5.99. The maximum absolute atomic E-state index is 12.9. The second-order valence-electron chi connectivity index (χ2n) is 5.90. The van der Waals surface area contributed by atoms with Crippen LogP contribution < -0.4 is 5.73 Å². The summed E-state index contributed by atoms with van der Waals surface area (Å²) in [7, 11) is 0. The number of thiazole rings is 1. The van der Waals surface area contributed by atoms with Crippen molar-refractivity contribution >= 4 is 68.2 Å². The van der Waals surface area contributed by atoms with Crippen molar-refractivity contribution in [3.63, 3.8) is 0 Å². The van der Waals surface area contributed by atoms with Crippen LogP contribution >= 0.6 is 35.3 Å². The zero-order valence-electron chi connectivity index (χ0n) is 15.8. The van der Waals surface area contributed by atoms with Crippen molar-refractivity contribution in [2.45, 2.75) is 13.5 Å². The number of rotatable bonds is 7. The second-order valence-corrected chi connectivity index (χ2v) is 8.43. The lowest BCUT2D eigenvalue weighted by Crippen LogP contribution is -2.34. The molecular weight excluding hydrogens is 446 g/mol. The third kappa shape index (κ3) is 5.04. The van der Waals surface area contributed by atoms with E-state index in [2.05, 4.69) is 4.98 Å². The second kappa shape index (κ2) is 9.83. The Morgan fingerprint density at radius 2 is 1.97 bits per heavy atom. The molecule has 11 heteroatoms. The van der Waals surface area contributed by atoms with Crippen molar-refractivity contribution in [2.75, 3.05) is 18.9 Å². The van der Waals surface area contributed by atoms with Crippen molar-refractivity contribution < 1.29 is 23.9 Å². The van der Waals surface area contributed by atoms with E-state index >= 15 is 0 Å². The van der Waals surface area contributed by atoms with E-state index in [0.717, 1.165) is 33.6 Å². The Morgan fingerprint density at radius 1 is 1.23 bits per heavy atom. The number of nitrogens with two attached hydrogens (primary N) is 1. The monoisotopic (exact) mass is 463 g/mol. The van der Waals surface area contributed by atoms with Gasteiger partial charge in [-0.3, -0.25) is 14.5 Å². The van der Waals surface area contributed by atoms with Crippen molar-refractivity contribution in [1.29, 1.82) is 0 Å². The van der Waals surface area contributed by atoms with Gasteiger partial charge in [0, 0.05) is 5.38 Å². The van der Waals surface area contributed by atoms with Crippen LogP contribution in [0, 0.1) is 0 Å². The van der Waals surface area contributed by atoms with Crippen LogP contribution in [0.3, 0.4) is 0 Å². The van der Waals surface area contributed by atoms with Crippen LogP contribution in [0.4, 0.5) is 5.13 Å². The molecule has 0 radical (unpaired) electrons. The lowest BCUT2D eigenvalue weighted by Gasteiger charge is -2.14. The van der Waals surface area contributed by atoms with Crippen LogP contribution in [0.2, 0.25) is 0 Å². The Balaban J connectivity index is 1.79. The molecule has 0 saturated carbocycles. The predicted octanol–water partition coefficient (Wildman–Crippen LogP) is 2.60. The fraction of sp³-hybridized carbons (Fsp3) is 0.211. The van der Waals surface area contributed by atoms with Crippen molar-refractivity contribution in [2.24, 2.45) is 0 Å². The Kier molecular flexibility index (Phi) is 7.19. The number of hydrogen-bond acceptors (Lipinski definition) is 10. The summed E-state index contributed by atoms with van der Waals surface area (Å²) in [4.78, 5) is 42.9. The average molecular weight is 464 g/mol. The topological polar surface area (TPSA) is 112 Å². The smallest absolute Gasteiger partial charge is 0.341 e. The summed E-state index contributed by atoms with van der Waals surface area (Å²) in [5.41, 5.74) is 6.69. The normalized spacial score (nSPS) is 15.3. The number of thioether (sulfide) groups is 1. The van der Waals surface area contributed by atoms with Crippen LogP contribution in [0.5, 0.6) is 0 Å². The molecule has 30 heavy (non-hydrogen) atoms. The van der Waals surface area contributed by atoms with Crippen molar-refractivity contribution in [3.05, 3.63) is 51.9 Å². The molecule has 1 saturated heterocycles. The maximum atomic E-state index is 12.9. The number of ether oxygens (including phenoxy) is 2. The number of carbonyl (C=O) groups excluding carboxylic acids is 3. The van der Waals surface area contributed by atoms with E-state index in [-0.39, 0.29) is 45.4 Å². The molecular formula is C19H17N3O5S3. The molecule has 1 fully saturated rings. The predicted molar refractivity (Wildman–Crippen MR) is 118 cm³/mol. The first-order valence-electron chi connectivity index (χ1n) is 8.76. The summed E-state index contributed by atoms with van der Waals surface area (Å²) in [6.07, 6.45) is 0. The number of nitrogens with zero attached hydrogens (tertiary/aromatic N) is 2. The van der Waals surface area contributed by atoms with Crippen LogP contribution in [0.1, 0.15) is 18.2 Å². The molecule has 2 heterocycles. The number of aromatic nitrogens is 1. The van der Waals surface area contributed by atoms with Gasteiger partial charge >= 0.3 is 11.9 Å². The van der Waals surface area contributed by atoms with Crippen molar-refractivity contribution in [3.8, 4) is 0 Å². The SMILES string of the molecule is CCOC(=O)/C(=C1/SC(=S)N(CC(=O)OCc2ccccc2)C1=O)c1csc(N)n1. The summed E-state index contributed by atoms with van der Waals surface area (Å²) >= 11 is 7.28. The van der Waals surface area contributed by atoms with Gasteiger partial charge in [0.1, 0.15) is 23.0 Å². The van der Waals surface area contributed by atoms with Gasteiger partial charge in [-0.15, -0.1) is 11.3 Å². The molecule has 2 N–H and O–H groups in total. The molecule has 1 aliphatic rings. The van der Waals surface area contributed by atoms with Gasteiger partial charge in [-0.2, -0.15) is 0 Å². The minimum absolute atomic E-state index is 0.0256. The number of amides is 1. The van der Waals surface area contributed by atoms with Crippen LogP contribution in [0.15, 0.2) is 40.6 Å². The largest absolute Gasteiger partial charge is 0.462 e. The van der Waals surface area contributed by atoms with Crippen LogP contribution in [0.25, 0.3) is 5.57 Å². The van der Waals surface area contributed by atoms with Gasteiger partial charge in [0.2, 0.25) is 0 Å². The molecule has 0 aliphatic carbocycles. The fourth-order valence-corrected chi connectivity index (χ4v) is 4.39. The summed E-state index contributed by atoms with van der Waals surface area (Å²) in [5, 5.41) is 1.80. The first-order chi connectivity index (χ1) is 14.4. The molecule has 1 amide bonds. The van der Waals surface area contributed by atoms with E-state index in [9.17, 15) is 14.4 Å². The fourth-order valence-electron chi connectivity index (χ4n) is 2.52. The number of nitrogen functional groups attached to an aromatic ring is 1.